The van der Waals surface area contributed by atoms with Crippen molar-refractivity contribution in [1.82, 2.24) is 0 Å². The molecular weight excluding hydrogens is 169 g/mol. The summed E-state index contributed by atoms with van der Waals surface area (Å²) in [6, 6.07) is 0. The van der Waals surface area contributed by atoms with Crippen LogP contribution >= 0.6 is 0 Å². The lowest BCUT2D eigenvalue weighted by molar-refractivity contribution is -0.0880. The van der Waals surface area contributed by atoms with E-state index in [0.717, 1.165) is 6.08 Å². The van der Waals surface area contributed by atoms with E-state index in [2.05, 4.69) is 17.9 Å². The highest BCUT2D eigenvalue weighted by atomic mass is 19.4. The molecule has 1 nitrogen and oxygen atoms in total. The fourth-order valence-corrected chi connectivity index (χ4v) is 0.455. The summed E-state index contributed by atoms with van der Waals surface area (Å²) in [6.07, 6.45) is -2.45. The first-order valence-corrected chi connectivity index (χ1v) is 3.06. The smallest absolute Gasteiger partial charge is 0.415 e. The summed E-state index contributed by atoms with van der Waals surface area (Å²) in [5.41, 5.74) is -0.959. The summed E-state index contributed by atoms with van der Waals surface area (Å²) >= 11 is 0. The van der Waals surface area contributed by atoms with Gasteiger partial charge in [0.1, 0.15) is 5.76 Å². The van der Waals surface area contributed by atoms with Crippen LogP contribution < -0.4 is 0 Å². The third-order valence-corrected chi connectivity index (χ3v) is 1.12. The quantitative estimate of drug-likeness (QED) is 0.477. The normalized spacial score (nSPS) is 12.5. The van der Waals surface area contributed by atoms with Gasteiger partial charge in [0.25, 0.3) is 0 Å². The van der Waals surface area contributed by atoms with Gasteiger partial charge >= 0.3 is 6.18 Å². The number of ether oxygens (including phenoxy) is 1. The van der Waals surface area contributed by atoms with Crippen molar-refractivity contribution in [2.75, 3.05) is 7.11 Å². The minimum Gasteiger partial charge on any atom is -0.497 e. The number of alkyl halides is 3. The van der Waals surface area contributed by atoms with E-state index in [0.29, 0.717) is 0 Å². The van der Waals surface area contributed by atoms with Crippen LogP contribution in [0.2, 0.25) is 0 Å². The highest BCUT2D eigenvalue weighted by molar-refractivity contribution is 5.26. The van der Waals surface area contributed by atoms with Crippen molar-refractivity contribution < 1.29 is 17.9 Å². The number of rotatable bonds is 3. The molecule has 0 aliphatic heterocycles. The van der Waals surface area contributed by atoms with Crippen molar-refractivity contribution >= 4 is 0 Å². The van der Waals surface area contributed by atoms with Gasteiger partial charge in [0, 0.05) is 0 Å². The molecule has 4 heteroatoms. The van der Waals surface area contributed by atoms with Crippen LogP contribution in [0.5, 0.6) is 0 Å². The number of allylic oxidation sites excluding steroid dienone is 3. The molecule has 0 unspecified atom stereocenters. The molecule has 0 rings (SSSR count). The molecule has 0 aliphatic rings. The van der Waals surface area contributed by atoms with Crippen molar-refractivity contribution in [2.45, 2.75) is 6.18 Å². The summed E-state index contributed by atoms with van der Waals surface area (Å²) in [6.45, 7) is 6.10. The first-order valence-electron chi connectivity index (χ1n) is 3.06. The Morgan fingerprint density at radius 3 is 2.17 bits per heavy atom. The molecule has 0 N–H and O–H groups in total. The zero-order valence-electron chi connectivity index (χ0n) is 6.61. The van der Waals surface area contributed by atoms with E-state index in [-0.39, 0.29) is 5.76 Å². The van der Waals surface area contributed by atoms with Gasteiger partial charge in [-0.1, -0.05) is 13.2 Å². The van der Waals surface area contributed by atoms with Gasteiger partial charge in [-0.05, 0) is 12.2 Å². The van der Waals surface area contributed by atoms with Gasteiger partial charge in [-0.15, -0.1) is 0 Å². The molecular formula is C8H9F3O. The molecule has 0 aromatic heterocycles. The Hall–Kier alpha value is -1.19. The van der Waals surface area contributed by atoms with Crippen LogP contribution in [0, 0.1) is 0 Å². The van der Waals surface area contributed by atoms with Crippen molar-refractivity contribution in [3.8, 4) is 0 Å². The third-order valence-electron chi connectivity index (χ3n) is 1.12. The summed E-state index contributed by atoms with van der Waals surface area (Å²) in [5, 5.41) is 0. The van der Waals surface area contributed by atoms with Crippen molar-refractivity contribution in [2.24, 2.45) is 0 Å². The average Bonchev–Trinajstić information content (AvgIpc) is 1.97. The second kappa shape index (κ2) is 3.99. The van der Waals surface area contributed by atoms with Crippen LogP contribution in [0.1, 0.15) is 0 Å². The Balaban J connectivity index is 4.53. The van der Waals surface area contributed by atoms with Crippen LogP contribution in [-0.2, 0) is 4.74 Å². The Morgan fingerprint density at radius 2 is 1.92 bits per heavy atom. The van der Waals surface area contributed by atoms with E-state index in [1.165, 1.54) is 13.2 Å². The van der Waals surface area contributed by atoms with E-state index in [4.69, 9.17) is 0 Å². The Labute approximate surface area is 68.8 Å². The standard InChI is InChI=1S/C8H9F3O/c1-4-7(12-3)5-6(2)8(9,10)11/h4-5H,1-2H2,3H3. The maximum atomic E-state index is 11.8. The molecule has 0 amide bonds. The Bertz CT molecular complexity index is 213. The largest absolute Gasteiger partial charge is 0.497 e. The van der Waals surface area contributed by atoms with Gasteiger partial charge in [-0.25, -0.2) is 0 Å². The number of halogens is 3. The molecule has 68 valence electrons. The van der Waals surface area contributed by atoms with E-state index < -0.39 is 11.7 Å². The molecule has 0 aliphatic carbocycles. The first-order chi connectivity index (χ1) is 5.41. The van der Waals surface area contributed by atoms with Gasteiger partial charge in [0.05, 0.1) is 12.7 Å². The monoisotopic (exact) mass is 178 g/mol. The molecule has 0 spiro atoms. The van der Waals surface area contributed by atoms with Gasteiger partial charge in [0.2, 0.25) is 0 Å². The highest BCUT2D eigenvalue weighted by Crippen LogP contribution is 2.25. The number of hydrogen-bond acceptors (Lipinski definition) is 1. The van der Waals surface area contributed by atoms with Gasteiger partial charge in [0.15, 0.2) is 0 Å². The SMILES string of the molecule is C=CC(=CC(=C)C(F)(F)F)OC. The summed E-state index contributed by atoms with van der Waals surface area (Å²) in [5.74, 6) is 0.0392. The molecule has 0 saturated heterocycles. The lowest BCUT2D eigenvalue weighted by Crippen LogP contribution is -2.09. The Morgan fingerprint density at radius 1 is 1.42 bits per heavy atom. The minimum atomic E-state index is -4.41. The summed E-state index contributed by atoms with van der Waals surface area (Å²) in [4.78, 5) is 0. The topological polar surface area (TPSA) is 9.23 Å². The molecule has 0 atom stereocenters. The number of hydrogen-bond donors (Lipinski definition) is 0. The molecule has 0 bridgehead atoms. The van der Waals surface area contributed by atoms with Crippen molar-refractivity contribution in [1.29, 1.82) is 0 Å². The molecule has 0 fully saturated rings. The molecule has 0 aromatic carbocycles. The molecule has 0 aromatic rings. The lowest BCUT2D eigenvalue weighted by Gasteiger charge is -2.06. The zero-order chi connectivity index (χ0) is 9.78. The van der Waals surface area contributed by atoms with E-state index in [1.54, 1.807) is 0 Å². The summed E-state index contributed by atoms with van der Waals surface area (Å²) in [7, 11) is 1.26. The van der Waals surface area contributed by atoms with Crippen LogP contribution in [-0.4, -0.2) is 13.3 Å². The van der Waals surface area contributed by atoms with Crippen LogP contribution in [0.25, 0.3) is 0 Å². The number of methoxy groups -OCH3 is 1. The fraction of sp³-hybridized carbons (Fsp3) is 0.250. The summed E-state index contributed by atoms with van der Waals surface area (Å²) < 4.78 is 40.1. The van der Waals surface area contributed by atoms with E-state index in [1.807, 2.05) is 0 Å². The first kappa shape index (κ1) is 10.8. The van der Waals surface area contributed by atoms with Crippen LogP contribution in [0.4, 0.5) is 13.2 Å². The second-order valence-corrected chi connectivity index (χ2v) is 1.98. The maximum absolute atomic E-state index is 11.8. The Kier molecular flexibility index (Phi) is 3.60. The van der Waals surface area contributed by atoms with Gasteiger partial charge in [-0.2, -0.15) is 13.2 Å². The molecule has 0 saturated carbocycles. The average molecular weight is 178 g/mol. The van der Waals surface area contributed by atoms with E-state index >= 15 is 0 Å². The highest BCUT2D eigenvalue weighted by Gasteiger charge is 2.30. The van der Waals surface area contributed by atoms with Crippen LogP contribution in [0.15, 0.2) is 36.6 Å². The third kappa shape index (κ3) is 3.27. The maximum Gasteiger partial charge on any atom is 0.415 e. The molecule has 12 heavy (non-hydrogen) atoms. The lowest BCUT2D eigenvalue weighted by atomic mass is 10.2. The molecule has 0 heterocycles. The predicted octanol–water partition coefficient (Wildman–Crippen LogP) is 2.82. The van der Waals surface area contributed by atoms with Gasteiger partial charge < -0.3 is 4.74 Å². The molecule has 0 radical (unpaired) electrons. The predicted molar refractivity (Wildman–Crippen MR) is 40.5 cm³/mol. The van der Waals surface area contributed by atoms with Gasteiger partial charge in [-0.3, -0.25) is 0 Å². The second-order valence-electron chi connectivity index (χ2n) is 1.98. The van der Waals surface area contributed by atoms with E-state index in [9.17, 15) is 13.2 Å². The van der Waals surface area contributed by atoms with Crippen molar-refractivity contribution in [3.63, 3.8) is 0 Å². The van der Waals surface area contributed by atoms with Crippen LogP contribution in [0.3, 0.4) is 0 Å². The fourth-order valence-electron chi connectivity index (χ4n) is 0.455. The van der Waals surface area contributed by atoms with Crippen molar-refractivity contribution in [3.05, 3.63) is 36.6 Å². The zero-order valence-corrected chi connectivity index (χ0v) is 6.61. The minimum absolute atomic E-state index is 0.0392.